The number of anilines is 1. The van der Waals surface area contributed by atoms with Gasteiger partial charge < -0.3 is 21.2 Å². The highest BCUT2D eigenvalue weighted by atomic mass is 35.5. The first-order valence-corrected chi connectivity index (χ1v) is 7.43. The quantitative estimate of drug-likeness (QED) is 0.458. The predicted octanol–water partition coefficient (Wildman–Crippen LogP) is 2.28. The largest absolute Gasteiger partial charge is 0.493 e. The van der Waals surface area contributed by atoms with Gasteiger partial charge >= 0.3 is 6.03 Å². The first-order chi connectivity index (χ1) is 11.0. The molecule has 0 saturated carbocycles. The molecule has 1 aromatic carbocycles. The lowest BCUT2D eigenvalue weighted by Crippen LogP contribution is -2.22. The van der Waals surface area contributed by atoms with Crippen LogP contribution in [0.2, 0.25) is 0 Å². The monoisotopic (exact) mass is 336 g/mol. The van der Waals surface area contributed by atoms with Crippen LogP contribution in [0.1, 0.15) is 16.8 Å². The Kier molecular flexibility index (Phi) is 5.48. The van der Waals surface area contributed by atoms with Crippen LogP contribution in [0.15, 0.2) is 30.3 Å². The summed E-state index contributed by atoms with van der Waals surface area (Å²) in [5.74, 6) is 0.594. The van der Waals surface area contributed by atoms with E-state index in [1.165, 1.54) is 6.07 Å². The molecule has 122 valence electrons. The van der Waals surface area contributed by atoms with Crippen LogP contribution in [-0.4, -0.2) is 29.4 Å². The number of ether oxygens (including phenoxy) is 1. The highest BCUT2D eigenvalue weighted by molar-refractivity contribution is 6.17. The highest BCUT2D eigenvalue weighted by Gasteiger charge is 2.17. The number of primary amides is 2. The van der Waals surface area contributed by atoms with E-state index in [9.17, 15) is 9.59 Å². The smallest absolute Gasteiger partial charge is 0.317 e. The van der Waals surface area contributed by atoms with Crippen LogP contribution >= 0.6 is 11.6 Å². The van der Waals surface area contributed by atoms with Crippen molar-refractivity contribution in [1.82, 2.24) is 4.98 Å². The van der Waals surface area contributed by atoms with Crippen molar-refractivity contribution in [3.05, 3.63) is 35.9 Å². The normalized spacial score (nSPS) is 10.3. The van der Waals surface area contributed by atoms with Crippen molar-refractivity contribution in [2.75, 3.05) is 17.8 Å². The molecular formula is C15H17ClN4O3. The number of para-hydroxylation sites is 1. The minimum absolute atomic E-state index is 0.134. The van der Waals surface area contributed by atoms with E-state index in [1.54, 1.807) is 6.07 Å². The van der Waals surface area contributed by atoms with Crippen LogP contribution in [0, 0.1) is 0 Å². The number of nitrogens with two attached hydrogens (primary N) is 2. The summed E-state index contributed by atoms with van der Waals surface area (Å²) in [5.41, 5.74) is 11.8. The number of benzene rings is 1. The number of H-pyrrole nitrogens is 1. The molecular weight excluding hydrogens is 320 g/mol. The third kappa shape index (κ3) is 4.17. The molecule has 2 aromatic rings. The zero-order chi connectivity index (χ0) is 16.8. The number of hydrogen-bond acceptors (Lipinski definition) is 3. The summed E-state index contributed by atoms with van der Waals surface area (Å²) >= 11 is 5.64. The Bertz CT molecular complexity index is 714. The SMILES string of the molecule is NC(=O)Nc1[nH]c(-c2ccccc2OCCCCl)cc1C(N)=O. The van der Waals surface area contributed by atoms with Crippen molar-refractivity contribution >= 4 is 29.4 Å². The van der Waals surface area contributed by atoms with Gasteiger partial charge in [0.2, 0.25) is 0 Å². The van der Waals surface area contributed by atoms with E-state index >= 15 is 0 Å². The van der Waals surface area contributed by atoms with E-state index in [2.05, 4.69) is 10.3 Å². The highest BCUT2D eigenvalue weighted by Crippen LogP contribution is 2.32. The van der Waals surface area contributed by atoms with E-state index in [-0.39, 0.29) is 11.4 Å². The first-order valence-electron chi connectivity index (χ1n) is 6.90. The lowest BCUT2D eigenvalue weighted by atomic mass is 10.1. The van der Waals surface area contributed by atoms with Crippen LogP contribution in [-0.2, 0) is 0 Å². The van der Waals surface area contributed by atoms with Crippen LogP contribution in [0.3, 0.4) is 0 Å². The standard InChI is InChI=1S/C15H17ClN4O3/c16-6-3-7-23-12-5-2-1-4-9(12)11-8-10(13(17)21)14(19-11)20-15(18)22/h1-2,4-5,8,19H,3,6-7H2,(H2,17,21)(H3,18,20,22). The van der Waals surface area contributed by atoms with Gasteiger partial charge in [-0.3, -0.25) is 10.1 Å². The van der Waals surface area contributed by atoms with Gasteiger partial charge in [0.15, 0.2) is 0 Å². The Morgan fingerprint density at radius 3 is 2.65 bits per heavy atom. The Morgan fingerprint density at radius 2 is 2.00 bits per heavy atom. The molecule has 0 atom stereocenters. The number of amides is 3. The number of rotatable bonds is 7. The molecule has 0 bridgehead atoms. The van der Waals surface area contributed by atoms with E-state index in [0.29, 0.717) is 30.4 Å². The van der Waals surface area contributed by atoms with Crippen molar-refractivity contribution in [3.63, 3.8) is 0 Å². The van der Waals surface area contributed by atoms with Gasteiger partial charge in [-0.1, -0.05) is 12.1 Å². The fraction of sp³-hybridized carbons (Fsp3) is 0.200. The lowest BCUT2D eigenvalue weighted by molar-refractivity contribution is 0.100. The van der Waals surface area contributed by atoms with Crippen LogP contribution in [0.5, 0.6) is 5.75 Å². The molecule has 0 aliphatic rings. The maximum absolute atomic E-state index is 11.5. The zero-order valence-electron chi connectivity index (χ0n) is 12.3. The number of aromatic nitrogens is 1. The van der Waals surface area contributed by atoms with Gasteiger partial charge in [-0.2, -0.15) is 0 Å². The van der Waals surface area contributed by atoms with Crippen molar-refractivity contribution in [1.29, 1.82) is 0 Å². The average Bonchev–Trinajstić information content (AvgIpc) is 2.91. The van der Waals surface area contributed by atoms with Gasteiger partial charge in [-0.25, -0.2) is 4.79 Å². The molecule has 0 spiro atoms. The third-order valence-corrected chi connectivity index (χ3v) is 3.31. The number of hydrogen-bond donors (Lipinski definition) is 4. The first kappa shape index (κ1) is 16.7. The number of urea groups is 1. The number of nitrogens with one attached hydrogen (secondary N) is 2. The summed E-state index contributed by atoms with van der Waals surface area (Å²) in [4.78, 5) is 25.5. The maximum atomic E-state index is 11.5. The van der Waals surface area contributed by atoms with Crippen LogP contribution in [0.25, 0.3) is 11.3 Å². The summed E-state index contributed by atoms with van der Waals surface area (Å²) in [6.07, 6.45) is 0.710. The van der Waals surface area contributed by atoms with Gasteiger partial charge in [0.1, 0.15) is 11.6 Å². The van der Waals surface area contributed by atoms with E-state index in [1.807, 2.05) is 18.2 Å². The number of halogens is 1. The van der Waals surface area contributed by atoms with Crippen molar-refractivity contribution in [2.24, 2.45) is 11.5 Å². The topological polar surface area (TPSA) is 123 Å². The molecule has 7 nitrogen and oxygen atoms in total. The summed E-state index contributed by atoms with van der Waals surface area (Å²) in [7, 11) is 0. The van der Waals surface area contributed by atoms with Gasteiger partial charge in [0.25, 0.3) is 5.91 Å². The Labute approximate surface area is 137 Å². The second-order valence-corrected chi connectivity index (χ2v) is 5.09. The van der Waals surface area contributed by atoms with E-state index < -0.39 is 11.9 Å². The van der Waals surface area contributed by atoms with Gasteiger partial charge in [0.05, 0.1) is 17.9 Å². The van der Waals surface area contributed by atoms with E-state index in [0.717, 1.165) is 5.56 Å². The van der Waals surface area contributed by atoms with Gasteiger partial charge in [-0.05, 0) is 24.6 Å². The lowest BCUT2D eigenvalue weighted by Gasteiger charge is -2.09. The number of aromatic amines is 1. The van der Waals surface area contributed by atoms with Gasteiger partial charge in [-0.15, -0.1) is 11.6 Å². The van der Waals surface area contributed by atoms with Crippen molar-refractivity contribution in [2.45, 2.75) is 6.42 Å². The minimum atomic E-state index is -0.799. The number of carbonyl (C=O) groups excluding carboxylic acids is 2. The molecule has 0 saturated heterocycles. The second kappa shape index (κ2) is 7.55. The fourth-order valence-electron chi connectivity index (χ4n) is 2.07. The summed E-state index contributed by atoms with van der Waals surface area (Å²) in [5, 5.41) is 2.34. The second-order valence-electron chi connectivity index (χ2n) is 4.71. The fourth-order valence-corrected chi connectivity index (χ4v) is 2.18. The average molecular weight is 337 g/mol. The molecule has 6 N–H and O–H groups in total. The van der Waals surface area contributed by atoms with Crippen LogP contribution < -0.4 is 21.5 Å². The molecule has 0 fully saturated rings. The van der Waals surface area contributed by atoms with Crippen LogP contribution in [0.4, 0.5) is 10.6 Å². The Balaban J connectivity index is 2.38. The number of carbonyl (C=O) groups is 2. The zero-order valence-corrected chi connectivity index (χ0v) is 13.0. The molecule has 0 aliphatic carbocycles. The predicted molar refractivity (Wildman–Crippen MR) is 88.8 cm³/mol. The molecule has 0 unspecified atom stereocenters. The number of alkyl halides is 1. The molecule has 2 rings (SSSR count). The minimum Gasteiger partial charge on any atom is -0.493 e. The maximum Gasteiger partial charge on any atom is 0.317 e. The third-order valence-electron chi connectivity index (χ3n) is 3.04. The van der Waals surface area contributed by atoms with Crippen molar-refractivity contribution in [3.8, 4) is 17.0 Å². The molecule has 0 radical (unpaired) electrons. The Morgan fingerprint density at radius 1 is 1.26 bits per heavy atom. The summed E-state index contributed by atoms with van der Waals surface area (Å²) < 4.78 is 5.69. The summed E-state index contributed by atoms with van der Waals surface area (Å²) in [6, 6.07) is 8.02. The molecule has 3 amide bonds. The van der Waals surface area contributed by atoms with Gasteiger partial charge in [0, 0.05) is 11.4 Å². The molecule has 0 aliphatic heterocycles. The molecule has 23 heavy (non-hydrogen) atoms. The Hall–Kier alpha value is -2.67. The summed E-state index contributed by atoms with van der Waals surface area (Å²) in [6.45, 7) is 0.469. The molecule has 8 heteroatoms. The molecule has 1 heterocycles. The van der Waals surface area contributed by atoms with Crippen molar-refractivity contribution < 1.29 is 14.3 Å². The molecule has 1 aromatic heterocycles. The van der Waals surface area contributed by atoms with E-state index in [4.69, 9.17) is 27.8 Å².